The van der Waals surface area contributed by atoms with E-state index in [4.69, 9.17) is 5.11 Å². The number of urea groups is 1. The van der Waals surface area contributed by atoms with E-state index in [0.717, 1.165) is 8.04 Å². The predicted molar refractivity (Wildman–Crippen MR) is 85.3 cm³/mol. The maximum atomic E-state index is 11.7. The first-order chi connectivity index (χ1) is 8.88. The Kier molecular flexibility index (Phi) is 6.56. The zero-order valence-electron chi connectivity index (χ0n) is 10.2. The standard InChI is InChI=1S/C12H14BrIN2O3/c1-7(2-5-11(17)18)15-12(19)16-8-3-4-10(14)9(13)6-8/h3-4,6-7H,2,5H2,1H3,(H,17,18)(H2,15,16,19). The van der Waals surface area contributed by atoms with Gasteiger partial charge in [-0.3, -0.25) is 4.79 Å². The number of nitrogens with one attached hydrogen (secondary N) is 2. The van der Waals surface area contributed by atoms with Crippen molar-refractivity contribution in [3.63, 3.8) is 0 Å². The fraction of sp³-hybridized carbons (Fsp3) is 0.333. The van der Waals surface area contributed by atoms with Crippen molar-refractivity contribution in [1.82, 2.24) is 5.32 Å². The van der Waals surface area contributed by atoms with Gasteiger partial charge in [0.15, 0.2) is 0 Å². The van der Waals surface area contributed by atoms with Crippen molar-refractivity contribution >= 4 is 56.2 Å². The second kappa shape index (κ2) is 7.68. The molecule has 1 aromatic rings. The molecule has 0 aliphatic heterocycles. The molecule has 2 amide bonds. The number of carbonyl (C=O) groups excluding carboxylic acids is 1. The summed E-state index contributed by atoms with van der Waals surface area (Å²) in [6, 6.07) is 4.96. The minimum Gasteiger partial charge on any atom is -0.481 e. The van der Waals surface area contributed by atoms with Crippen LogP contribution in [-0.4, -0.2) is 23.1 Å². The van der Waals surface area contributed by atoms with Crippen LogP contribution in [-0.2, 0) is 4.79 Å². The van der Waals surface area contributed by atoms with Gasteiger partial charge >= 0.3 is 12.0 Å². The first-order valence-electron chi connectivity index (χ1n) is 5.63. The van der Waals surface area contributed by atoms with Crippen LogP contribution >= 0.6 is 38.5 Å². The Morgan fingerprint density at radius 2 is 2.16 bits per heavy atom. The van der Waals surface area contributed by atoms with Crippen molar-refractivity contribution in [2.24, 2.45) is 0 Å². The van der Waals surface area contributed by atoms with Crippen LogP contribution in [0.2, 0.25) is 0 Å². The maximum absolute atomic E-state index is 11.7. The Labute approximate surface area is 133 Å². The normalized spacial score (nSPS) is 11.7. The fourth-order valence-corrected chi connectivity index (χ4v) is 2.09. The van der Waals surface area contributed by atoms with Crippen LogP contribution in [0.5, 0.6) is 0 Å². The highest BCUT2D eigenvalue weighted by molar-refractivity contribution is 14.1. The number of carboxylic acids is 1. The molecule has 7 heteroatoms. The smallest absolute Gasteiger partial charge is 0.319 e. The van der Waals surface area contributed by atoms with Gasteiger partial charge in [0.05, 0.1) is 0 Å². The second-order valence-corrected chi connectivity index (χ2v) is 6.08. The van der Waals surface area contributed by atoms with E-state index < -0.39 is 5.97 Å². The molecule has 19 heavy (non-hydrogen) atoms. The van der Waals surface area contributed by atoms with Crippen LogP contribution < -0.4 is 10.6 Å². The van der Waals surface area contributed by atoms with E-state index in [1.807, 2.05) is 12.1 Å². The summed E-state index contributed by atoms with van der Waals surface area (Å²) in [7, 11) is 0. The summed E-state index contributed by atoms with van der Waals surface area (Å²) in [5, 5.41) is 13.9. The van der Waals surface area contributed by atoms with Crippen LogP contribution in [0.25, 0.3) is 0 Å². The molecule has 5 nitrogen and oxygen atoms in total. The Balaban J connectivity index is 2.46. The Hall–Kier alpha value is -0.830. The van der Waals surface area contributed by atoms with Crippen molar-refractivity contribution in [1.29, 1.82) is 0 Å². The summed E-state index contributed by atoms with van der Waals surface area (Å²) in [4.78, 5) is 22.1. The third-order valence-electron chi connectivity index (χ3n) is 2.35. The van der Waals surface area contributed by atoms with Gasteiger partial charge in [0.2, 0.25) is 0 Å². The van der Waals surface area contributed by atoms with E-state index in [-0.39, 0.29) is 18.5 Å². The lowest BCUT2D eigenvalue weighted by atomic mass is 10.2. The van der Waals surface area contributed by atoms with E-state index >= 15 is 0 Å². The fourth-order valence-electron chi connectivity index (χ4n) is 1.38. The number of carboxylic acid groups (broad SMARTS) is 1. The van der Waals surface area contributed by atoms with Crippen LogP contribution in [0.4, 0.5) is 10.5 Å². The van der Waals surface area contributed by atoms with Crippen molar-refractivity contribution in [3.05, 3.63) is 26.2 Å². The lowest BCUT2D eigenvalue weighted by Crippen LogP contribution is -2.36. The van der Waals surface area contributed by atoms with E-state index in [9.17, 15) is 9.59 Å². The van der Waals surface area contributed by atoms with Crippen LogP contribution in [0.15, 0.2) is 22.7 Å². The molecule has 0 heterocycles. The molecule has 104 valence electrons. The van der Waals surface area contributed by atoms with E-state index in [0.29, 0.717) is 12.1 Å². The molecular weight excluding hydrogens is 427 g/mol. The summed E-state index contributed by atoms with van der Waals surface area (Å²) in [5.41, 5.74) is 0.676. The highest BCUT2D eigenvalue weighted by Gasteiger charge is 2.09. The molecule has 0 bridgehead atoms. The van der Waals surface area contributed by atoms with Gasteiger partial charge in [-0.2, -0.15) is 0 Å². The molecule has 1 rings (SSSR count). The quantitative estimate of drug-likeness (QED) is 0.614. The van der Waals surface area contributed by atoms with Crippen molar-refractivity contribution in [2.45, 2.75) is 25.8 Å². The first kappa shape index (κ1) is 16.2. The van der Waals surface area contributed by atoms with E-state index in [1.54, 1.807) is 13.0 Å². The molecule has 0 aliphatic rings. The molecule has 3 N–H and O–H groups in total. The third kappa shape index (κ3) is 6.24. The summed E-state index contributed by atoms with van der Waals surface area (Å²) in [5.74, 6) is -0.865. The lowest BCUT2D eigenvalue weighted by Gasteiger charge is -2.14. The predicted octanol–water partition coefficient (Wildman–Crippen LogP) is 3.43. The highest BCUT2D eigenvalue weighted by atomic mass is 127. The molecule has 0 saturated carbocycles. The zero-order chi connectivity index (χ0) is 14.4. The Morgan fingerprint density at radius 1 is 1.47 bits per heavy atom. The van der Waals surface area contributed by atoms with Gasteiger partial charge in [0.25, 0.3) is 0 Å². The summed E-state index contributed by atoms with van der Waals surface area (Å²) in [6.45, 7) is 1.77. The average Bonchev–Trinajstić information content (AvgIpc) is 2.31. The second-order valence-electron chi connectivity index (χ2n) is 4.06. The minimum atomic E-state index is -0.865. The molecule has 0 saturated heterocycles. The van der Waals surface area contributed by atoms with Crippen LogP contribution in [0.1, 0.15) is 19.8 Å². The largest absolute Gasteiger partial charge is 0.481 e. The van der Waals surface area contributed by atoms with Gasteiger partial charge < -0.3 is 15.7 Å². The first-order valence-corrected chi connectivity index (χ1v) is 7.50. The van der Waals surface area contributed by atoms with Crippen molar-refractivity contribution in [2.75, 3.05) is 5.32 Å². The minimum absolute atomic E-state index is 0.0382. The number of carbonyl (C=O) groups is 2. The van der Waals surface area contributed by atoms with Crippen molar-refractivity contribution in [3.8, 4) is 0 Å². The molecule has 0 spiro atoms. The molecule has 0 fully saturated rings. The highest BCUT2D eigenvalue weighted by Crippen LogP contribution is 2.22. The van der Waals surface area contributed by atoms with Crippen molar-refractivity contribution < 1.29 is 14.7 Å². The molecule has 1 atom stereocenters. The Bertz CT molecular complexity index is 482. The van der Waals surface area contributed by atoms with Gasteiger partial charge in [-0.05, 0) is 70.1 Å². The number of rotatable bonds is 5. The summed E-state index contributed by atoms with van der Waals surface area (Å²) >= 11 is 5.56. The third-order valence-corrected chi connectivity index (χ3v) is 4.68. The van der Waals surface area contributed by atoms with Crippen LogP contribution in [0, 0.1) is 3.57 Å². The summed E-state index contributed by atoms with van der Waals surface area (Å²) < 4.78 is 1.96. The zero-order valence-corrected chi connectivity index (χ0v) is 14.0. The lowest BCUT2D eigenvalue weighted by molar-refractivity contribution is -0.137. The number of aliphatic carboxylic acids is 1. The van der Waals surface area contributed by atoms with Gasteiger partial charge in [0.1, 0.15) is 0 Å². The van der Waals surface area contributed by atoms with Crippen LogP contribution in [0.3, 0.4) is 0 Å². The number of halogens is 2. The number of amides is 2. The van der Waals surface area contributed by atoms with Gasteiger partial charge in [-0.15, -0.1) is 0 Å². The molecule has 0 aliphatic carbocycles. The Morgan fingerprint density at radius 3 is 2.74 bits per heavy atom. The number of benzene rings is 1. The summed E-state index contributed by atoms with van der Waals surface area (Å²) in [6.07, 6.45) is 0.440. The molecule has 0 radical (unpaired) electrons. The molecular formula is C12H14BrIN2O3. The number of anilines is 1. The number of hydrogen-bond donors (Lipinski definition) is 3. The topological polar surface area (TPSA) is 78.4 Å². The maximum Gasteiger partial charge on any atom is 0.319 e. The molecule has 1 unspecified atom stereocenters. The van der Waals surface area contributed by atoms with Gasteiger partial charge in [-0.1, -0.05) is 0 Å². The SMILES string of the molecule is CC(CCC(=O)O)NC(=O)Nc1ccc(I)c(Br)c1. The van der Waals surface area contributed by atoms with E-state index in [1.165, 1.54) is 0 Å². The van der Waals surface area contributed by atoms with E-state index in [2.05, 4.69) is 49.2 Å². The number of hydrogen-bond acceptors (Lipinski definition) is 2. The van der Waals surface area contributed by atoms with Gasteiger partial charge in [-0.25, -0.2) is 4.79 Å². The monoisotopic (exact) mass is 440 g/mol. The molecule has 0 aromatic heterocycles. The average molecular weight is 441 g/mol. The molecule has 1 aromatic carbocycles. The van der Waals surface area contributed by atoms with Gasteiger partial charge in [0, 0.05) is 26.2 Å².